The van der Waals surface area contributed by atoms with E-state index in [-0.39, 0.29) is 36.2 Å². The van der Waals surface area contributed by atoms with E-state index in [0.717, 1.165) is 5.56 Å². The summed E-state index contributed by atoms with van der Waals surface area (Å²) >= 11 is 5.90. The SMILES string of the molecule is O=C(CCC(=O)N1CCOC(c2ccc(Cl)cc2)C1)c1ccccc1F. The van der Waals surface area contributed by atoms with Crippen molar-refractivity contribution in [2.24, 2.45) is 0 Å². The fraction of sp³-hybridized carbons (Fsp3) is 0.300. The van der Waals surface area contributed by atoms with Crippen LogP contribution in [0.1, 0.15) is 34.9 Å². The number of amides is 1. The molecule has 0 aliphatic carbocycles. The lowest BCUT2D eigenvalue weighted by atomic mass is 10.0. The Hall–Kier alpha value is -2.24. The first-order chi connectivity index (χ1) is 12.5. The van der Waals surface area contributed by atoms with Gasteiger partial charge >= 0.3 is 0 Å². The van der Waals surface area contributed by atoms with Gasteiger partial charge < -0.3 is 9.64 Å². The van der Waals surface area contributed by atoms with E-state index in [9.17, 15) is 14.0 Å². The fourth-order valence-electron chi connectivity index (χ4n) is 2.96. The molecule has 2 aromatic rings. The molecule has 6 heteroatoms. The molecule has 0 radical (unpaired) electrons. The molecule has 1 fully saturated rings. The van der Waals surface area contributed by atoms with E-state index in [0.29, 0.717) is 24.7 Å². The van der Waals surface area contributed by atoms with Crippen LogP contribution in [0.5, 0.6) is 0 Å². The van der Waals surface area contributed by atoms with E-state index in [1.54, 1.807) is 23.1 Å². The second-order valence-corrected chi connectivity index (χ2v) is 6.59. The first-order valence-corrected chi connectivity index (χ1v) is 8.85. The molecule has 1 atom stereocenters. The van der Waals surface area contributed by atoms with Crippen molar-refractivity contribution >= 4 is 23.3 Å². The minimum atomic E-state index is -0.556. The van der Waals surface area contributed by atoms with Crippen molar-refractivity contribution in [2.75, 3.05) is 19.7 Å². The highest BCUT2D eigenvalue weighted by molar-refractivity contribution is 6.30. The van der Waals surface area contributed by atoms with E-state index >= 15 is 0 Å². The summed E-state index contributed by atoms with van der Waals surface area (Å²) in [5.74, 6) is -1.05. The second kappa shape index (κ2) is 8.43. The van der Waals surface area contributed by atoms with Crippen molar-refractivity contribution in [2.45, 2.75) is 18.9 Å². The molecule has 1 aliphatic rings. The molecule has 136 valence electrons. The number of ketones is 1. The maximum absolute atomic E-state index is 13.6. The first-order valence-electron chi connectivity index (χ1n) is 8.47. The lowest BCUT2D eigenvalue weighted by molar-refractivity contribution is -0.139. The van der Waals surface area contributed by atoms with Crippen molar-refractivity contribution in [3.63, 3.8) is 0 Å². The summed E-state index contributed by atoms with van der Waals surface area (Å²) in [5.41, 5.74) is 0.982. The molecule has 1 unspecified atom stereocenters. The molecule has 0 N–H and O–H groups in total. The number of hydrogen-bond donors (Lipinski definition) is 0. The Kier molecular flexibility index (Phi) is 6.01. The standard InChI is InChI=1S/C20H19ClFNO3/c21-15-7-5-14(6-8-15)19-13-23(11-12-26-19)20(25)10-9-18(24)16-3-1-2-4-17(16)22/h1-8,19H,9-13H2. The van der Waals surface area contributed by atoms with Gasteiger partial charge in [0.15, 0.2) is 5.78 Å². The Morgan fingerprint density at radius 3 is 2.58 bits per heavy atom. The van der Waals surface area contributed by atoms with Crippen LogP contribution in [-0.2, 0) is 9.53 Å². The third-order valence-corrected chi connectivity index (χ3v) is 4.65. The summed E-state index contributed by atoms with van der Waals surface area (Å²) in [7, 11) is 0. The Balaban J connectivity index is 1.57. The van der Waals surface area contributed by atoms with Gasteiger partial charge in [0, 0.05) is 24.4 Å². The van der Waals surface area contributed by atoms with Gasteiger partial charge in [-0.05, 0) is 29.8 Å². The van der Waals surface area contributed by atoms with Crippen molar-refractivity contribution < 1.29 is 18.7 Å². The van der Waals surface area contributed by atoms with Crippen LogP contribution >= 0.6 is 11.6 Å². The number of benzene rings is 2. The second-order valence-electron chi connectivity index (χ2n) is 6.15. The van der Waals surface area contributed by atoms with Gasteiger partial charge in [-0.1, -0.05) is 35.9 Å². The molecule has 1 saturated heterocycles. The van der Waals surface area contributed by atoms with Crippen LogP contribution in [0.3, 0.4) is 0 Å². The van der Waals surface area contributed by atoms with Gasteiger partial charge in [0.25, 0.3) is 0 Å². The molecule has 4 nitrogen and oxygen atoms in total. The summed E-state index contributed by atoms with van der Waals surface area (Å²) in [6, 6.07) is 13.1. The summed E-state index contributed by atoms with van der Waals surface area (Å²) in [5, 5.41) is 0.643. The topological polar surface area (TPSA) is 46.6 Å². The van der Waals surface area contributed by atoms with Gasteiger partial charge in [-0.2, -0.15) is 0 Å². The average molecular weight is 376 g/mol. The molecule has 0 saturated carbocycles. The normalized spacial score (nSPS) is 17.2. The zero-order chi connectivity index (χ0) is 18.5. The largest absolute Gasteiger partial charge is 0.370 e. The van der Waals surface area contributed by atoms with Gasteiger partial charge in [0.05, 0.1) is 18.7 Å². The predicted molar refractivity (Wildman–Crippen MR) is 96.7 cm³/mol. The highest BCUT2D eigenvalue weighted by Crippen LogP contribution is 2.24. The highest BCUT2D eigenvalue weighted by atomic mass is 35.5. The Bertz CT molecular complexity index is 794. The third kappa shape index (κ3) is 4.48. The summed E-state index contributed by atoms with van der Waals surface area (Å²) in [6.45, 7) is 1.34. The van der Waals surface area contributed by atoms with E-state index < -0.39 is 5.82 Å². The summed E-state index contributed by atoms with van der Waals surface area (Å²) in [4.78, 5) is 26.3. The molecular weight excluding hydrogens is 357 g/mol. The molecule has 1 aliphatic heterocycles. The molecule has 3 rings (SSSR count). The van der Waals surface area contributed by atoms with E-state index in [1.807, 2.05) is 12.1 Å². The van der Waals surface area contributed by atoms with Crippen LogP contribution in [0.2, 0.25) is 5.02 Å². The molecule has 0 aromatic heterocycles. The number of morpholine rings is 1. The minimum absolute atomic E-state index is 0.0112. The quantitative estimate of drug-likeness (QED) is 0.741. The zero-order valence-electron chi connectivity index (χ0n) is 14.2. The Morgan fingerprint density at radius 1 is 1.12 bits per heavy atom. The highest BCUT2D eigenvalue weighted by Gasteiger charge is 2.25. The molecule has 0 spiro atoms. The molecular formula is C20H19ClFNO3. The molecule has 2 aromatic carbocycles. The molecule has 1 heterocycles. The lowest BCUT2D eigenvalue weighted by Gasteiger charge is -2.33. The van der Waals surface area contributed by atoms with Crippen LogP contribution in [0, 0.1) is 5.82 Å². The maximum atomic E-state index is 13.6. The van der Waals surface area contributed by atoms with Crippen molar-refractivity contribution in [1.29, 1.82) is 0 Å². The number of ether oxygens (including phenoxy) is 1. The van der Waals surface area contributed by atoms with Gasteiger partial charge in [-0.15, -0.1) is 0 Å². The smallest absolute Gasteiger partial charge is 0.223 e. The van der Waals surface area contributed by atoms with Crippen LogP contribution in [0.25, 0.3) is 0 Å². The summed E-state index contributed by atoms with van der Waals surface area (Å²) < 4.78 is 19.4. The van der Waals surface area contributed by atoms with Crippen molar-refractivity contribution in [1.82, 2.24) is 4.90 Å². The van der Waals surface area contributed by atoms with Crippen LogP contribution < -0.4 is 0 Å². The van der Waals surface area contributed by atoms with Crippen molar-refractivity contribution in [3.8, 4) is 0 Å². The number of halogens is 2. The van der Waals surface area contributed by atoms with Gasteiger partial charge in [-0.25, -0.2) is 4.39 Å². The van der Waals surface area contributed by atoms with Crippen molar-refractivity contribution in [3.05, 3.63) is 70.5 Å². The number of rotatable bonds is 5. The van der Waals surface area contributed by atoms with Crippen LogP contribution in [0.15, 0.2) is 48.5 Å². The number of Topliss-reactive ketones (excluding diaryl/α,β-unsaturated/α-hetero) is 1. The molecule has 1 amide bonds. The number of nitrogens with zero attached hydrogens (tertiary/aromatic N) is 1. The third-order valence-electron chi connectivity index (χ3n) is 4.40. The predicted octanol–water partition coefficient (Wildman–Crippen LogP) is 4.04. The van der Waals surface area contributed by atoms with E-state index in [4.69, 9.17) is 16.3 Å². The molecule has 26 heavy (non-hydrogen) atoms. The maximum Gasteiger partial charge on any atom is 0.223 e. The monoisotopic (exact) mass is 375 g/mol. The number of hydrogen-bond acceptors (Lipinski definition) is 3. The molecule has 0 bridgehead atoms. The Labute approximate surface area is 156 Å². The van der Waals surface area contributed by atoms with Gasteiger partial charge in [0.1, 0.15) is 11.9 Å². The van der Waals surface area contributed by atoms with Crippen LogP contribution in [-0.4, -0.2) is 36.3 Å². The lowest BCUT2D eigenvalue weighted by Crippen LogP contribution is -2.42. The van der Waals surface area contributed by atoms with E-state index in [1.165, 1.54) is 18.2 Å². The zero-order valence-corrected chi connectivity index (χ0v) is 14.9. The minimum Gasteiger partial charge on any atom is -0.370 e. The fourth-order valence-corrected chi connectivity index (χ4v) is 3.08. The van der Waals surface area contributed by atoms with Gasteiger partial charge in [-0.3, -0.25) is 9.59 Å². The Morgan fingerprint density at radius 2 is 1.85 bits per heavy atom. The van der Waals surface area contributed by atoms with E-state index in [2.05, 4.69) is 0 Å². The average Bonchev–Trinajstić information content (AvgIpc) is 2.67. The van der Waals surface area contributed by atoms with Gasteiger partial charge in [0.2, 0.25) is 5.91 Å². The van der Waals surface area contributed by atoms with Crippen LogP contribution in [0.4, 0.5) is 4.39 Å². The number of carbonyl (C=O) groups excluding carboxylic acids is 2. The number of carbonyl (C=O) groups is 2. The summed E-state index contributed by atoms with van der Waals surface area (Å²) in [6.07, 6.45) is -0.171. The first kappa shape index (κ1) is 18.5.